The molecule has 124 valence electrons. The summed E-state index contributed by atoms with van der Waals surface area (Å²) in [5.74, 6) is 0.560. The number of hydrogen-bond donors (Lipinski definition) is 3. The molecule has 5 nitrogen and oxygen atoms in total. The van der Waals surface area contributed by atoms with Gasteiger partial charge in [-0.1, -0.05) is 6.92 Å². The molecule has 0 aliphatic heterocycles. The number of aliphatic hydroxyl groups is 1. The quantitative estimate of drug-likeness (QED) is 0.686. The van der Waals surface area contributed by atoms with Crippen LogP contribution in [0.2, 0.25) is 0 Å². The Morgan fingerprint density at radius 3 is 2.45 bits per heavy atom. The van der Waals surface area contributed by atoms with Crippen molar-refractivity contribution in [2.24, 2.45) is 0 Å². The van der Waals surface area contributed by atoms with E-state index in [2.05, 4.69) is 10.6 Å². The predicted molar refractivity (Wildman–Crippen MR) is 88.3 cm³/mol. The Morgan fingerprint density at radius 1 is 1.27 bits per heavy atom. The molecule has 1 atom stereocenters. The van der Waals surface area contributed by atoms with Gasteiger partial charge in [-0.25, -0.2) is 0 Å². The number of carbonyl (C=O) groups is 1. The van der Waals surface area contributed by atoms with E-state index in [1.807, 2.05) is 27.7 Å². The third-order valence-electron chi connectivity index (χ3n) is 2.96. The Kier molecular flexibility index (Phi) is 7.35. The maximum atomic E-state index is 11.8. The first-order valence-electron chi connectivity index (χ1n) is 7.76. The molecule has 0 aromatic heterocycles. The average Bonchev–Trinajstić information content (AvgIpc) is 2.48. The lowest BCUT2D eigenvalue weighted by Crippen LogP contribution is -2.42. The van der Waals surface area contributed by atoms with Gasteiger partial charge in [0.25, 0.3) is 5.91 Å². The van der Waals surface area contributed by atoms with E-state index in [9.17, 15) is 9.90 Å². The van der Waals surface area contributed by atoms with Gasteiger partial charge in [-0.3, -0.25) is 4.79 Å². The number of benzene rings is 1. The molecule has 1 aromatic carbocycles. The highest BCUT2D eigenvalue weighted by Crippen LogP contribution is 2.12. The lowest BCUT2D eigenvalue weighted by molar-refractivity contribution is 0.0951. The van der Waals surface area contributed by atoms with Crippen molar-refractivity contribution in [1.29, 1.82) is 0 Å². The van der Waals surface area contributed by atoms with Gasteiger partial charge in [-0.05, 0) is 51.5 Å². The molecule has 3 N–H and O–H groups in total. The van der Waals surface area contributed by atoms with Gasteiger partial charge in [0.15, 0.2) is 0 Å². The van der Waals surface area contributed by atoms with Crippen LogP contribution in [0.15, 0.2) is 24.3 Å². The van der Waals surface area contributed by atoms with Gasteiger partial charge in [0.2, 0.25) is 0 Å². The summed E-state index contributed by atoms with van der Waals surface area (Å²) in [6, 6.07) is 6.93. The van der Waals surface area contributed by atoms with Crippen molar-refractivity contribution in [2.75, 3.05) is 19.7 Å². The van der Waals surface area contributed by atoms with E-state index in [1.165, 1.54) is 0 Å². The number of aliphatic hydroxyl groups excluding tert-OH is 1. The van der Waals surface area contributed by atoms with Crippen LogP contribution in [0, 0.1) is 0 Å². The fraction of sp³-hybridized carbons (Fsp3) is 0.588. The highest BCUT2D eigenvalue weighted by atomic mass is 16.5. The fourth-order valence-corrected chi connectivity index (χ4v) is 1.72. The van der Waals surface area contributed by atoms with Crippen LogP contribution in [0.1, 0.15) is 44.5 Å². The Morgan fingerprint density at radius 2 is 1.91 bits per heavy atom. The summed E-state index contributed by atoms with van der Waals surface area (Å²) < 4.78 is 5.53. The van der Waals surface area contributed by atoms with Crippen molar-refractivity contribution in [3.05, 3.63) is 29.8 Å². The molecule has 0 aliphatic carbocycles. The van der Waals surface area contributed by atoms with Gasteiger partial charge in [0, 0.05) is 24.2 Å². The second-order valence-electron chi connectivity index (χ2n) is 6.38. The molecule has 0 saturated carbocycles. The van der Waals surface area contributed by atoms with E-state index in [4.69, 9.17) is 4.74 Å². The molecule has 1 amide bonds. The number of amides is 1. The number of hydrogen-bond acceptors (Lipinski definition) is 4. The summed E-state index contributed by atoms with van der Waals surface area (Å²) in [6.07, 6.45) is 0.333. The summed E-state index contributed by atoms with van der Waals surface area (Å²) >= 11 is 0. The van der Waals surface area contributed by atoms with Crippen LogP contribution in [-0.2, 0) is 0 Å². The van der Waals surface area contributed by atoms with E-state index in [-0.39, 0.29) is 18.1 Å². The van der Waals surface area contributed by atoms with Crippen molar-refractivity contribution >= 4 is 5.91 Å². The van der Waals surface area contributed by atoms with Gasteiger partial charge in [-0.2, -0.15) is 0 Å². The van der Waals surface area contributed by atoms with Crippen LogP contribution in [0.5, 0.6) is 5.75 Å². The van der Waals surface area contributed by atoms with Crippen molar-refractivity contribution in [1.82, 2.24) is 10.6 Å². The van der Waals surface area contributed by atoms with Crippen LogP contribution in [-0.4, -0.2) is 42.4 Å². The van der Waals surface area contributed by atoms with Gasteiger partial charge >= 0.3 is 0 Å². The minimum atomic E-state index is -0.577. The Labute approximate surface area is 133 Å². The zero-order valence-electron chi connectivity index (χ0n) is 14.0. The first-order chi connectivity index (χ1) is 10.3. The SMILES string of the molecule is CCCNC(=O)c1ccc(OC[C@H](O)CNC(C)(C)C)cc1. The van der Waals surface area contributed by atoms with Gasteiger partial charge in [-0.15, -0.1) is 0 Å². The summed E-state index contributed by atoms with van der Waals surface area (Å²) in [5, 5.41) is 15.9. The highest BCUT2D eigenvalue weighted by Gasteiger charge is 2.12. The molecule has 0 unspecified atom stereocenters. The molecule has 22 heavy (non-hydrogen) atoms. The largest absolute Gasteiger partial charge is 0.491 e. The van der Waals surface area contributed by atoms with Gasteiger partial charge in [0.1, 0.15) is 18.5 Å². The zero-order valence-corrected chi connectivity index (χ0v) is 14.0. The lowest BCUT2D eigenvalue weighted by Gasteiger charge is -2.22. The first kappa shape index (κ1) is 18.5. The van der Waals surface area contributed by atoms with Crippen LogP contribution >= 0.6 is 0 Å². The molecule has 0 saturated heterocycles. The van der Waals surface area contributed by atoms with E-state index in [0.29, 0.717) is 24.4 Å². The molecule has 5 heteroatoms. The van der Waals surface area contributed by atoms with E-state index in [1.54, 1.807) is 24.3 Å². The highest BCUT2D eigenvalue weighted by molar-refractivity contribution is 5.94. The smallest absolute Gasteiger partial charge is 0.251 e. The van der Waals surface area contributed by atoms with Crippen molar-refractivity contribution in [2.45, 2.75) is 45.8 Å². The molecule has 0 spiro atoms. The third-order valence-corrected chi connectivity index (χ3v) is 2.96. The number of rotatable bonds is 8. The van der Waals surface area contributed by atoms with Crippen LogP contribution in [0.25, 0.3) is 0 Å². The Hall–Kier alpha value is -1.59. The first-order valence-corrected chi connectivity index (χ1v) is 7.76. The topological polar surface area (TPSA) is 70.6 Å². The standard InChI is InChI=1S/C17H28N2O3/c1-5-10-18-16(21)13-6-8-15(9-7-13)22-12-14(20)11-19-17(2,3)4/h6-9,14,19-20H,5,10-12H2,1-4H3,(H,18,21)/t14-/m1/s1. The van der Waals surface area contributed by atoms with E-state index < -0.39 is 6.10 Å². The molecule has 1 aromatic rings. The summed E-state index contributed by atoms with van der Waals surface area (Å²) in [7, 11) is 0. The predicted octanol–water partition coefficient (Wildman–Crippen LogP) is 1.95. The lowest BCUT2D eigenvalue weighted by atomic mass is 10.1. The van der Waals surface area contributed by atoms with Gasteiger partial charge < -0.3 is 20.5 Å². The third kappa shape index (κ3) is 7.43. The molecule has 0 fully saturated rings. The average molecular weight is 308 g/mol. The van der Waals surface area contributed by atoms with E-state index >= 15 is 0 Å². The molecule has 0 radical (unpaired) electrons. The number of carbonyl (C=O) groups excluding carboxylic acids is 1. The minimum absolute atomic E-state index is 0.0333. The summed E-state index contributed by atoms with van der Waals surface area (Å²) in [5.41, 5.74) is 0.574. The maximum Gasteiger partial charge on any atom is 0.251 e. The molecular weight excluding hydrogens is 280 g/mol. The molecule has 0 heterocycles. The number of β-amino-alcohol motifs (C(OH)–C–C–N with tert-alkyl or cyclic N) is 1. The Balaban J connectivity index is 2.39. The van der Waals surface area contributed by atoms with Crippen molar-refractivity contribution < 1.29 is 14.6 Å². The minimum Gasteiger partial charge on any atom is -0.491 e. The van der Waals surface area contributed by atoms with Crippen LogP contribution in [0.3, 0.4) is 0 Å². The van der Waals surface area contributed by atoms with Gasteiger partial charge in [0.05, 0.1) is 0 Å². The number of ether oxygens (including phenoxy) is 1. The molecule has 0 bridgehead atoms. The number of nitrogens with one attached hydrogen (secondary N) is 2. The van der Waals surface area contributed by atoms with Crippen LogP contribution in [0.4, 0.5) is 0 Å². The second kappa shape index (κ2) is 8.76. The zero-order chi connectivity index (χ0) is 16.6. The summed E-state index contributed by atoms with van der Waals surface area (Å²) in [6.45, 7) is 9.50. The Bertz CT molecular complexity index is 452. The fourth-order valence-electron chi connectivity index (χ4n) is 1.72. The normalized spacial score (nSPS) is 12.8. The second-order valence-corrected chi connectivity index (χ2v) is 6.38. The van der Waals surface area contributed by atoms with Crippen LogP contribution < -0.4 is 15.4 Å². The molecule has 1 rings (SSSR count). The van der Waals surface area contributed by atoms with E-state index in [0.717, 1.165) is 6.42 Å². The monoisotopic (exact) mass is 308 g/mol. The van der Waals surface area contributed by atoms with Crippen molar-refractivity contribution in [3.8, 4) is 5.75 Å². The molecular formula is C17H28N2O3. The van der Waals surface area contributed by atoms with Crippen molar-refractivity contribution in [3.63, 3.8) is 0 Å². The maximum absolute atomic E-state index is 11.8. The molecule has 0 aliphatic rings. The summed E-state index contributed by atoms with van der Waals surface area (Å²) in [4.78, 5) is 11.8.